The van der Waals surface area contributed by atoms with Crippen molar-refractivity contribution in [1.29, 1.82) is 0 Å². The lowest BCUT2D eigenvalue weighted by Gasteiger charge is -2.34. The number of hydrogen-bond acceptors (Lipinski definition) is 5. The molecular formula is C20H28INO4S. The van der Waals surface area contributed by atoms with Crippen LogP contribution in [0.5, 0.6) is 0 Å². The second kappa shape index (κ2) is 9.69. The number of amides is 1. The zero-order valence-electron chi connectivity index (χ0n) is 16.0. The number of rotatable bonds is 5. The van der Waals surface area contributed by atoms with Crippen molar-refractivity contribution >= 4 is 51.5 Å². The molecule has 27 heavy (non-hydrogen) atoms. The van der Waals surface area contributed by atoms with Crippen molar-refractivity contribution in [3.8, 4) is 0 Å². The molecule has 2 aliphatic rings. The molecule has 7 heteroatoms. The van der Waals surface area contributed by atoms with Gasteiger partial charge in [0.15, 0.2) is 0 Å². The van der Waals surface area contributed by atoms with Gasteiger partial charge in [-0.1, -0.05) is 6.92 Å². The van der Waals surface area contributed by atoms with E-state index in [1.54, 1.807) is 0 Å². The van der Waals surface area contributed by atoms with Crippen LogP contribution in [0.2, 0.25) is 0 Å². The maximum absolute atomic E-state index is 13.5. The second-order valence-corrected chi connectivity index (χ2v) is 10.7. The summed E-state index contributed by atoms with van der Waals surface area (Å²) in [4.78, 5) is 28.2. The van der Waals surface area contributed by atoms with Gasteiger partial charge in [0.1, 0.15) is 4.88 Å². The first kappa shape index (κ1) is 21.0. The first-order valence-corrected chi connectivity index (χ1v) is 11.7. The van der Waals surface area contributed by atoms with Gasteiger partial charge in [-0.15, -0.1) is 11.3 Å². The number of carbonyl (C=O) groups excluding carboxylic acids is 2. The molecule has 0 N–H and O–H groups in total. The molecule has 0 aromatic carbocycles. The Labute approximate surface area is 178 Å². The predicted molar refractivity (Wildman–Crippen MR) is 115 cm³/mol. The van der Waals surface area contributed by atoms with Crippen LogP contribution < -0.4 is 4.90 Å². The molecule has 0 spiro atoms. The summed E-state index contributed by atoms with van der Waals surface area (Å²) in [7, 11) is 1.39. The number of anilines is 1. The van der Waals surface area contributed by atoms with Crippen LogP contribution in [0.4, 0.5) is 5.69 Å². The van der Waals surface area contributed by atoms with Gasteiger partial charge in [0, 0.05) is 25.7 Å². The van der Waals surface area contributed by atoms with Crippen molar-refractivity contribution < 1.29 is 19.1 Å². The molecule has 0 unspecified atom stereocenters. The van der Waals surface area contributed by atoms with Gasteiger partial charge >= 0.3 is 5.97 Å². The molecular weight excluding hydrogens is 477 g/mol. The van der Waals surface area contributed by atoms with Crippen LogP contribution in [0, 0.1) is 20.6 Å². The smallest absolute Gasteiger partial charge is 0.350 e. The van der Waals surface area contributed by atoms with Crippen molar-refractivity contribution in [3.05, 3.63) is 13.8 Å². The number of nitrogens with zero attached hydrogens (tertiary/aromatic N) is 1. The maximum atomic E-state index is 13.5. The molecule has 0 atom stereocenters. The van der Waals surface area contributed by atoms with Crippen LogP contribution in [-0.4, -0.2) is 38.7 Å². The summed E-state index contributed by atoms with van der Waals surface area (Å²) in [6.45, 7) is 4.42. The van der Waals surface area contributed by atoms with E-state index in [0.29, 0.717) is 23.3 Å². The largest absolute Gasteiger partial charge is 0.465 e. The Balaban J connectivity index is 1.87. The molecule has 3 rings (SSSR count). The molecule has 1 aromatic rings. The van der Waals surface area contributed by atoms with E-state index in [1.807, 2.05) is 11.0 Å². The van der Waals surface area contributed by atoms with E-state index in [0.717, 1.165) is 60.3 Å². The van der Waals surface area contributed by atoms with Gasteiger partial charge in [-0.05, 0) is 79.0 Å². The average molecular weight is 505 g/mol. The zero-order valence-corrected chi connectivity index (χ0v) is 19.0. The molecule has 1 saturated heterocycles. The van der Waals surface area contributed by atoms with Gasteiger partial charge in [-0.3, -0.25) is 4.79 Å². The van der Waals surface area contributed by atoms with E-state index >= 15 is 0 Å². The second-order valence-electron chi connectivity index (χ2n) is 7.72. The monoisotopic (exact) mass is 505 g/mol. The molecule has 150 valence electrons. The fourth-order valence-corrected chi connectivity index (χ4v) is 5.77. The molecule has 2 fully saturated rings. The highest BCUT2D eigenvalue weighted by Crippen LogP contribution is 2.37. The Morgan fingerprint density at radius 3 is 2.52 bits per heavy atom. The summed E-state index contributed by atoms with van der Waals surface area (Å²) < 4.78 is 11.5. The number of thiophene rings is 1. The van der Waals surface area contributed by atoms with Crippen LogP contribution in [0.15, 0.2) is 6.07 Å². The summed E-state index contributed by atoms with van der Waals surface area (Å²) in [5.74, 6) is 0.982. The lowest BCUT2D eigenvalue weighted by Crippen LogP contribution is -2.42. The van der Waals surface area contributed by atoms with Gasteiger partial charge < -0.3 is 14.4 Å². The Bertz CT molecular complexity index is 663. The molecule has 2 heterocycles. The normalized spacial score (nSPS) is 23.8. The van der Waals surface area contributed by atoms with Gasteiger partial charge in [-0.2, -0.15) is 0 Å². The predicted octanol–water partition coefficient (Wildman–Crippen LogP) is 4.73. The minimum absolute atomic E-state index is 0.0594. The highest BCUT2D eigenvalue weighted by molar-refractivity contribution is 14.1. The standard InChI is InChI=1S/C20H28INO4S/c1-13-3-5-15(6-4-13)19(23)22(12-14-7-9-26-10-8-14)16-11-17(21)27-18(16)20(24)25-2/h11,13-15H,3-10,12H2,1-2H3. The molecule has 0 radical (unpaired) electrons. The summed E-state index contributed by atoms with van der Waals surface area (Å²) in [6.07, 6.45) is 6.01. The van der Waals surface area contributed by atoms with Crippen molar-refractivity contribution in [2.24, 2.45) is 17.8 Å². The molecule has 0 bridgehead atoms. The highest BCUT2D eigenvalue weighted by atomic mass is 127. The summed E-state index contributed by atoms with van der Waals surface area (Å²) in [5.41, 5.74) is 0.728. The minimum atomic E-state index is -0.361. The molecule has 1 amide bonds. The SMILES string of the molecule is COC(=O)c1sc(I)cc1N(CC1CCOCC1)C(=O)C1CCC(C)CC1. The lowest BCUT2D eigenvalue weighted by atomic mass is 9.82. The number of esters is 1. The molecule has 1 saturated carbocycles. The fourth-order valence-electron chi connectivity index (χ4n) is 4.01. The summed E-state index contributed by atoms with van der Waals surface area (Å²) >= 11 is 3.61. The van der Waals surface area contributed by atoms with E-state index in [9.17, 15) is 9.59 Å². The first-order chi connectivity index (χ1) is 13.0. The Kier molecular flexibility index (Phi) is 7.56. The number of hydrogen-bond donors (Lipinski definition) is 0. The molecule has 1 aliphatic carbocycles. The third-order valence-electron chi connectivity index (χ3n) is 5.76. The van der Waals surface area contributed by atoms with Crippen LogP contribution in [0.3, 0.4) is 0 Å². The van der Waals surface area contributed by atoms with Crippen molar-refractivity contribution in [3.63, 3.8) is 0 Å². The van der Waals surface area contributed by atoms with Crippen LogP contribution in [0.25, 0.3) is 0 Å². The van der Waals surface area contributed by atoms with E-state index in [4.69, 9.17) is 9.47 Å². The zero-order chi connectivity index (χ0) is 19.4. The van der Waals surface area contributed by atoms with E-state index in [-0.39, 0.29) is 17.8 Å². The molecule has 1 aromatic heterocycles. The topological polar surface area (TPSA) is 55.8 Å². The minimum Gasteiger partial charge on any atom is -0.465 e. The van der Waals surface area contributed by atoms with Crippen LogP contribution in [0.1, 0.15) is 55.1 Å². The third-order valence-corrected chi connectivity index (χ3v) is 7.62. The van der Waals surface area contributed by atoms with Gasteiger partial charge in [0.05, 0.1) is 15.7 Å². The number of halogens is 1. The Hall–Kier alpha value is -0.670. The third kappa shape index (κ3) is 5.23. The van der Waals surface area contributed by atoms with Crippen molar-refractivity contribution in [2.45, 2.75) is 45.4 Å². The summed E-state index contributed by atoms with van der Waals surface area (Å²) in [6, 6.07) is 1.96. The number of methoxy groups -OCH3 is 1. The fraction of sp³-hybridized carbons (Fsp3) is 0.700. The van der Waals surface area contributed by atoms with Gasteiger partial charge in [0.2, 0.25) is 5.91 Å². The van der Waals surface area contributed by atoms with E-state index < -0.39 is 0 Å². The Morgan fingerprint density at radius 1 is 1.22 bits per heavy atom. The van der Waals surface area contributed by atoms with Crippen molar-refractivity contribution in [1.82, 2.24) is 0 Å². The Morgan fingerprint density at radius 2 is 1.89 bits per heavy atom. The van der Waals surface area contributed by atoms with Gasteiger partial charge in [0.25, 0.3) is 0 Å². The molecule has 1 aliphatic heterocycles. The quantitative estimate of drug-likeness (QED) is 0.429. The first-order valence-electron chi connectivity index (χ1n) is 9.76. The summed E-state index contributed by atoms with van der Waals surface area (Å²) in [5, 5.41) is 0. The lowest BCUT2D eigenvalue weighted by molar-refractivity contribution is -0.123. The highest BCUT2D eigenvalue weighted by Gasteiger charge is 2.33. The number of ether oxygens (including phenoxy) is 2. The van der Waals surface area contributed by atoms with Gasteiger partial charge in [-0.25, -0.2) is 4.79 Å². The van der Waals surface area contributed by atoms with E-state index in [1.165, 1.54) is 18.4 Å². The maximum Gasteiger partial charge on any atom is 0.350 e. The van der Waals surface area contributed by atoms with Crippen LogP contribution >= 0.6 is 33.9 Å². The van der Waals surface area contributed by atoms with Crippen molar-refractivity contribution in [2.75, 3.05) is 31.8 Å². The average Bonchev–Trinajstić information content (AvgIpc) is 3.08. The number of carbonyl (C=O) groups is 2. The van der Waals surface area contributed by atoms with E-state index in [2.05, 4.69) is 29.5 Å². The van der Waals surface area contributed by atoms with Crippen LogP contribution in [-0.2, 0) is 14.3 Å². The molecule has 5 nitrogen and oxygen atoms in total.